The number of thiazole rings is 1. The molecule has 0 aliphatic carbocycles. The number of carbonyl (C=O) groups excluding carboxylic acids is 3. The van der Waals surface area contributed by atoms with Gasteiger partial charge in [0.25, 0.3) is 5.89 Å². The molecule has 3 heterocycles. The number of aryl methyl sites for hydroxylation is 1. The summed E-state index contributed by atoms with van der Waals surface area (Å²) in [4.78, 5) is 51.9. The van der Waals surface area contributed by atoms with Crippen LogP contribution in [0, 0.1) is 12.3 Å². The number of benzene rings is 2. The first kappa shape index (κ1) is 29.9. The van der Waals surface area contributed by atoms with Crippen molar-refractivity contribution in [3.63, 3.8) is 0 Å². The SMILES string of the molecule is Cc1ncsc1-c1ccc([C@H](C)NC(=O)[C@@H]2CCCN2C(=O)C(NC(=O)c2nc3ccc(Br)cc3o2)C(C)(C)C)cc1. The van der Waals surface area contributed by atoms with Crippen molar-refractivity contribution in [3.8, 4) is 10.4 Å². The molecule has 1 saturated heterocycles. The molecule has 220 valence electrons. The number of halogens is 1. The minimum Gasteiger partial charge on any atom is -0.432 e. The molecule has 3 atom stereocenters. The number of nitrogens with one attached hydrogen (secondary N) is 2. The molecule has 2 N–H and O–H groups in total. The molecule has 0 bridgehead atoms. The molecule has 1 aliphatic heterocycles. The zero-order valence-corrected chi connectivity index (χ0v) is 26.6. The molecule has 9 nitrogen and oxygen atoms in total. The fraction of sp³-hybridized carbons (Fsp3) is 0.387. The van der Waals surface area contributed by atoms with E-state index in [1.165, 1.54) is 0 Å². The van der Waals surface area contributed by atoms with Crippen LogP contribution in [0.15, 0.2) is 56.9 Å². The van der Waals surface area contributed by atoms with E-state index in [0.29, 0.717) is 30.5 Å². The fourth-order valence-electron chi connectivity index (χ4n) is 5.20. The number of amides is 3. The van der Waals surface area contributed by atoms with Crippen molar-refractivity contribution in [1.82, 2.24) is 25.5 Å². The van der Waals surface area contributed by atoms with Crippen LogP contribution in [-0.2, 0) is 9.59 Å². The van der Waals surface area contributed by atoms with Crippen LogP contribution in [0.3, 0.4) is 0 Å². The van der Waals surface area contributed by atoms with E-state index in [9.17, 15) is 14.4 Å². The van der Waals surface area contributed by atoms with Crippen LogP contribution in [0.25, 0.3) is 21.5 Å². The van der Waals surface area contributed by atoms with E-state index >= 15 is 0 Å². The van der Waals surface area contributed by atoms with E-state index in [1.807, 2.05) is 70.5 Å². The highest BCUT2D eigenvalue weighted by Gasteiger charge is 2.42. The maximum atomic E-state index is 13.9. The molecule has 3 amide bonds. The minimum absolute atomic E-state index is 0.119. The maximum absolute atomic E-state index is 13.9. The van der Waals surface area contributed by atoms with Crippen molar-refractivity contribution in [1.29, 1.82) is 0 Å². The molecule has 1 unspecified atom stereocenters. The Bertz CT molecular complexity index is 1620. The lowest BCUT2D eigenvalue weighted by Crippen LogP contribution is -2.57. The molecule has 4 aromatic rings. The Hall–Kier alpha value is -3.57. The van der Waals surface area contributed by atoms with Crippen LogP contribution in [-0.4, -0.2) is 51.2 Å². The zero-order chi connectivity index (χ0) is 30.2. The zero-order valence-electron chi connectivity index (χ0n) is 24.2. The third-order valence-electron chi connectivity index (χ3n) is 7.55. The van der Waals surface area contributed by atoms with E-state index < -0.39 is 23.4 Å². The number of aromatic nitrogens is 2. The predicted molar refractivity (Wildman–Crippen MR) is 166 cm³/mol. The first-order chi connectivity index (χ1) is 19.9. The molecule has 5 rings (SSSR count). The van der Waals surface area contributed by atoms with Crippen molar-refractivity contribution >= 4 is 56.1 Å². The van der Waals surface area contributed by atoms with E-state index in [4.69, 9.17) is 4.42 Å². The number of hydrogen-bond donors (Lipinski definition) is 2. The first-order valence-electron chi connectivity index (χ1n) is 13.9. The largest absolute Gasteiger partial charge is 0.432 e. The van der Waals surface area contributed by atoms with Gasteiger partial charge in [0.05, 0.1) is 22.1 Å². The Labute approximate surface area is 257 Å². The molecule has 0 radical (unpaired) electrons. The number of rotatable bonds is 7. The van der Waals surface area contributed by atoms with Crippen LogP contribution >= 0.6 is 27.3 Å². The number of nitrogens with zero attached hydrogens (tertiary/aromatic N) is 3. The highest BCUT2D eigenvalue weighted by Crippen LogP contribution is 2.30. The lowest BCUT2D eigenvalue weighted by molar-refractivity contribution is -0.142. The Morgan fingerprint density at radius 1 is 1.12 bits per heavy atom. The topological polar surface area (TPSA) is 117 Å². The van der Waals surface area contributed by atoms with Gasteiger partial charge in [-0.05, 0) is 61.4 Å². The molecular formula is C31H34BrN5O4S. The van der Waals surface area contributed by atoms with Gasteiger partial charge in [0.2, 0.25) is 11.8 Å². The summed E-state index contributed by atoms with van der Waals surface area (Å²) in [5.41, 5.74) is 5.26. The minimum atomic E-state index is -0.889. The quantitative estimate of drug-likeness (QED) is 0.252. The van der Waals surface area contributed by atoms with Crippen molar-refractivity contribution in [2.24, 2.45) is 5.41 Å². The van der Waals surface area contributed by atoms with Crippen LogP contribution < -0.4 is 10.6 Å². The summed E-state index contributed by atoms with van der Waals surface area (Å²) in [5.74, 6) is -1.21. The first-order valence-corrected chi connectivity index (χ1v) is 15.6. The molecule has 0 spiro atoms. The lowest BCUT2D eigenvalue weighted by atomic mass is 9.85. The lowest BCUT2D eigenvalue weighted by Gasteiger charge is -2.35. The van der Waals surface area contributed by atoms with Crippen molar-refractivity contribution in [2.45, 2.75) is 65.6 Å². The van der Waals surface area contributed by atoms with Crippen molar-refractivity contribution < 1.29 is 18.8 Å². The van der Waals surface area contributed by atoms with Gasteiger partial charge in [-0.15, -0.1) is 11.3 Å². The highest BCUT2D eigenvalue weighted by molar-refractivity contribution is 9.10. The molecule has 2 aromatic heterocycles. The highest BCUT2D eigenvalue weighted by atomic mass is 79.9. The van der Waals surface area contributed by atoms with Gasteiger partial charge in [-0.2, -0.15) is 0 Å². The summed E-state index contributed by atoms with van der Waals surface area (Å²) in [6.45, 7) is 10.00. The number of carbonyl (C=O) groups is 3. The fourth-order valence-corrected chi connectivity index (χ4v) is 6.35. The van der Waals surface area contributed by atoms with Gasteiger partial charge in [-0.3, -0.25) is 14.4 Å². The summed E-state index contributed by atoms with van der Waals surface area (Å²) in [7, 11) is 0. The smallest absolute Gasteiger partial charge is 0.307 e. The molecule has 2 aromatic carbocycles. The summed E-state index contributed by atoms with van der Waals surface area (Å²) < 4.78 is 6.47. The Kier molecular flexibility index (Phi) is 8.52. The maximum Gasteiger partial charge on any atom is 0.307 e. The normalized spacial score (nSPS) is 16.8. The van der Waals surface area contributed by atoms with Crippen LogP contribution in [0.1, 0.15) is 68.5 Å². The Morgan fingerprint density at radius 2 is 1.86 bits per heavy atom. The Balaban J connectivity index is 1.27. The molecular weight excluding hydrogens is 618 g/mol. The number of fused-ring (bicyclic) bond motifs is 1. The van der Waals surface area contributed by atoms with Gasteiger partial charge in [0.1, 0.15) is 17.6 Å². The summed E-state index contributed by atoms with van der Waals surface area (Å²) in [5, 5.41) is 5.93. The third kappa shape index (κ3) is 6.27. The average Bonchev–Trinajstić information content (AvgIpc) is 3.70. The molecule has 11 heteroatoms. The molecule has 42 heavy (non-hydrogen) atoms. The molecule has 1 fully saturated rings. The van der Waals surface area contributed by atoms with Crippen LogP contribution in [0.2, 0.25) is 0 Å². The standard InChI is InChI=1S/C31H34BrN5O4S/c1-17(19-8-10-20(11-9-19)25-18(2)33-16-42-25)34-27(38)23-7-6-14-37(23)30(40)26(31(3,4)5)36-28(39)29-35-22-13-12-21(32)15-24(22)41-29/h8-13,15-17,23,26H,6-7,14H2,1-5H3,(H,34,38)(H,36,39)/t17-,23-,26?/m0/s1. The monoisotopic (exact) mass is 651 g/mol. The van der Waals surface area contributed by atoms with E-state index in [1.54, 1.807) is 28.4 Å². The molecule has 1 aliphatic rings. The van der Waals surface area contributed by atoms with Gasteiger partial charge >= 0.3 is 5.91 Å². The van der Waals surface area contributed by atoms with Gasteiger partial charge in [-0.25, -0.2) is 9.97 Å². The van der Waals surface area contributed by atoms with E-state index in [0.717, 1.165) is 26.2 Å². The van der Waals surface area contributed by atoms with Gasteiger partial charge in [0.15, 0.2) is 5.58 Å². The number of hydrogen-bond acceptors (Lipinski definition) is 7. The van der Waals surface area contributed by atoms with E-state index in [2.05, 4.69) is 36.5 Å². The predicted octanol–water partition coefficient (Wildman–Crippen LogP) is 6.04. The van der Waals surface area contributed by atoms with Crippen LogP contribution in [0.4, 0.5) is 0 Å². The molecule has 0 saturated carbocycles. The second-order valence-corrected chi connectivity index (χ2v) is 13.5. The van der Waals surface area contributed by atoms with Crippen molar-refractivity contribution in [3.05, 3.63) is 69.6 Å². The average molecular weight is 653 g/mol. The third-order valence-corrected chi connectivity index (χ3v) is 9.02. The van der Waals surface area contributed by atoms with E-state index in [-0.39, 0.29) is 23.7 Å². The van der Waals surface area contributed by atoms with Crippen LogP contribution in [0.5, 0.6) is 0 Å². The van der Waals surface area contributed by atoms with Crippen molar-refractivity contribution in [2.75, 3.05) is 6.54 Å². The number of likely N-dealkylation sites (tertiary alicyclic amines) is 1. The second-order valence-electron chi connectivity index (χ2n) is 11.7. The summed E-state index contributed by atoms with van der Waals surface area (Å²) >= 11 is 4.99. The van der Waals surface area contributed by atoms with Gasteiger partial charge in [0, 0.05) is 11.0 Å². The Morgan fingerprint density at radius 3 is 2.52 bits per heavy atom. The summed E-state index contributed by atoms with van der Waals surface area (Å²) in [6, 6.07) is 11.6. The van der Waals surface area contributed by atoms with Gasteiger partial charge < -0.3 is 20.0 Å². The summed E-state index contributed by atoms with van der Waals surface area (Å²) in [6.07, 6.45) is 1.25. The van der Waals surface area contributed by atoms with Gasteiger partial charge in [-0.1, -0.05) is 61.0 Å². The number of oxazole rings is 1. The second kappa shape index (κ2) is 12.0.